The van der Waals surface area contributed by atoms with Crippen LogP contribution in [0.2, 0.25) is 0 Å². The number of alkyl halides is 2. The van der Waals surface area contributed by atoms with E-state index in [-0.39, 0.29) is 25.4 Å². The largest absolute Gasteiger partial charge is 0.468 e. The Morgan fingerprint density at radius 1 is 1.27 bits per heavy atom. The number of rotatable bonds is 8. The first kappa shape index (κ1) is 22.2. The Balaban J connectivity index is 1.42. The highest BCUT2D eigenvalue weighted by Gasteiger charge is 2.53. The second-order valence-corrected chi connectivity index (χ2v) is 9.83. The lowest BCUT2D eigenvalue weighted by Gasteiger charge is -2.37. The van der Waals surface area contributed by atoms with E-state index in [4.69, 9.17) is 10.5 Å². The number of esters is 1. The number of hydrogen-bond acceptors (Lipinski definition) is 6. The molecule has 3 atom stereocenters. The maximum absolute atomic E-state index is 13.4. The predicted octanol–water partition coefficient (Wildman–Crippen LogP) is 2.27. The van der Waals surface area contributed by atoms with Crippen LogP contribution in [-0.2, 0) is 20.7 Å². The number of piperidine rings is 1. The third kappa shape index (κ3) is 4.09. The number of hydrogen-bond donors (Lipinski definition) is 2. The molecule has 0 aromatic carbocycles. The van der Waals surface area contributed by atoms with Crippen molar-refractivity contribution in [2.24, 2.45) is 34.8 Å². The van der Waals surface area contributed by atoms with Gasteiger partial charge in [-0.2, -0.15) is 5.10 Å². The monoisotopic (exact) mass is 461 g/mol. The zero-order valence-electron chi connectivity index (χ0n) is 18.5. The van der Waals surface area contributed by atoms with Crippen LogP contribution in [0, 0.1) is 29.1 Å². The normalized spacial score (nSPS) is 26.6. The molecule has 3 heterocycles. The maximum Gasteiger partial charge on any atom is 0.321 e. The molecule has 33 heavy (non-hydrogen) atoms. The minimum absolute atomic E-state index is 0.142. The van der Waals surface area contributed by atoms with Gasteiger partial charge in [0.15, 0.2) is 11.1 Å². The van der Waals surface area contributed by atoms with Gasteiger partial charge in [-0.15, -0.1) is 0 Å². The van der Waals surface area contributed by atoms with Crippen molar-refractivity contribution < 1.29 is 23.1 Å². The van der Waals surface area contributed by atoms with Crippen LogP contribution in [0.25, 0.3) is 5.65 Å². The number of aromatic nitrogens is 3. The van der Waals surface area contributed by atoms with E-state index in [2.05, 4.69) is 15.4 Å². The van der Waals surface area contributed by atoms with Gasteiger partial charge in [0.25, 0.3) is 0 Å². The van der Waals surface area contributed by atoms with Gasteiger partial charge in [0, 0.05) is 18.9 Å². The van der Waals surface area contributed by atoms with Crippen LogP contribution in [-0.4, -0.2) is 46.6 Å². The fourth-order valence-electron chi connectivity index (χ4n) is 5.41. The summed E-state index contributed by atoms with van der Waals surface area (Å²) >= 11 is 0. The summed E-state index contributed by atoms with van der Waals surface area (Å²) in [7, 11) is 1.15. The van der Waals surface area contributed by atoms with Gasteiger partial charge in [-0.05, 0) is 62.0 Å². The molecule has 2 saturated carbocycles. The smallest absolute Gasteiger partial charge is 0.321 e. The standard InChI is InChI=1S/C23H29F2N5O3/c1-33-22(32)23(8-14(20(24)25)10-27-21(23)31)9-15-6-7-17-28-16(11-30(17)29-15)19(26)18(12-2-3-12)13-4-5-13/h6-7,11-14,18-20H,2-5,8-10,26H2,1H3,(H,27,31). The highest BCUT2D eigenvalue weighted by Crippen LogP contribution is 2.53. The first-order valence-electron chi connectivity index (χ1n) is 11.6. The number of fused-ring (bicyclic) bond motifs is 1. The highest BCUT2D eigenvalue weighted by molar-refractivity contribution is 6.03. The number of carbonyl (C=O) groups is 2. The van der Waals surface area contributed by atoms with Crippen molar-refractivity contribution in [3.8, 4) is 0 Å². The molecule has 1 aliphatic heterocycles. The SMILES string of the molecule is COC(=O)C1(Cc2ccc3nc(C(N)C(C4CC4)C4CC4)cn3n2)CC(C(F)F)CNC1=O. The maximum atomic E-state index is 13.4. The summed E-state index contributed by atoms with van der Waals surface area (Å²) in [6.07, 6.45) is 3.60. The third-order valence-electron chi connectivity index (χ3n) is 7.47. The molecular formula is C23H29F2N5O3. The molecule has 2 aliphatic carbocycles. The van der Waals surface area contributed by atoms with E-state index < -0.39 is 29.6 Å². The lowest BCUT2D eigenvalue weighted by Crippen LogP contribution is -2.56. The van der Waals surface area contributed by atoms with E-state index in [1.165, 1.54) is 25.7 Å². The Morgan fingerprint density at radius 2 is 1.97 bits per heavy atom. The number of nitrogens with two attached hydrogens (primary N) is 1. The van der Waals surface area contributed by atoms with Gasteiger partial charge in [0.1, 0.15) is 0 Å². The number of halogens is 2. The van der Waals surface area contributed by atoms with E-state index >= 15 is 0 Å². The Bertz CT molecular complexity index is 1050. The summed E-state index contributed by atoms with van der Waals surface area (Å²) in [6.45, 7) is -0.173. The van der Waals surface area contributed by atoms with Crippen molar-refractivity contribution in [1.29, 1.82) is 0 Å². The van der Waals surface area contributed by atoms with Crippen LogP contribution >= 0.6 is 0 Å². The van der Waals surface area contributed by atoms with E-state index in [0.717, 1.165) is 12.8 Å². The summed E-state index contributed by atoms with van der Waals surface area (Å²) in [5.41, 5.74) is 6.67. The average Bonchev–Trinajstić information content (AvgIpc) is 3.74. The summed E-state index contributed by atoms with van der Waals surface area (Å²) in [5, 5.41) is 7.00. The van der Waals surface area contributed by atoms with Gasteiger partial charge in [0.2, 0.25) is 12.3 Å². The fourth-order valence-corrected chi connectivity index (χ4v) is 5.41. The molecule has 0 radical (unpaired) electrons. The van der Waals surface area contributed by atoms with Crippen molar-refractivity contribution >= 4 is 17.5 Å². The van der Waals surface area contributed by atoms with Crippen molar-refractivity contribution in [3.05, 3.63) is 29.7 Å². The minimum Gasteiger partial charge on any atom is -0.468 e. The topological polar surface area (TPSA) is 112 Å². The Labute approximate surface area is 190 Å². The second-order valence-electron chi connectivity index (χ2n) is 9.83. The summed E-state index contributed by atoms with van der Waals surface area (Å²) < 4.78 is 33.3. The van der Waals surface area contributed by atoms with Crippen molar-refractivity contribution in [2.75, 3.05) is 13.7 Å². The molecule has 3 fully saturated rings. The molecule has 3 N–H and O–H groups in total. The van der Waals surface area contributed by atoms with Gasteiger partial charge in [-0.25, -0.2) is 18.3 Å². The molecule has 8 nitrogen and oxygen atoms in total. The Hall–Kier alpha value is -2.62. The van der Waals surface area contributed by atoms with Crippen LogP contribution in [0.15, 0.2) is 18.3 Å². The summed E-state index contributed by atoms with van der Waals surface area (Å²) in [5.74, 6) is -0.795. The second kappa shape index (κ2) is 8.30. The lowest BCUT2D eigenvalue weighted by molar-refractivity contribution is -0.164. The fraction of sp³-hybridized carbons (Fsp3) is 0.652. The van der Waals surface area contributed by atoms with Gasteiger partial charge >= 0.3 is 5.97 Å². The molecule has 3 unspecified atom stereocenters. The van der Waals surface area contributed by atoms with Crippen LogP contribution in [0.5, 0.6) is 0 Å². The highest BCUT2D eigenvalue weighted by atomic mass is 19.3. The van der Waals surface area contributed by atoms with Crippen LogP contribution in [0.4, 0.5) is 8.78 Å². The molecule has 2 aromatic heterocycles. The number of methoxy groups -OCH3 is 1. The lowest BCUT2D eigenvalue weighted by atomic mass is 9.72. The first-order chi connectivity index (χ1) is 15.8. The van der Waals surface area contributed by atoms with Crippen LogP contribution in [0.3, 0.4) is 0 Å². The minimum atomic E-state index is -2.66. The first-order valence-corrected chi connectivity index (χ1v) is 11.6. The molecule has 1 amide bonds. The van der Waals surface area contributed by atoms with E-state index in [0.29, 0.717) is 29.1 Å². The van der Waals surface area contributed by atoms with Gasteiger partial charge in [-0.3, -0.25) is 9.59 Å². The van der Waals surface area contributed by atoms with E-state index in [1.807, 2.05) is 0 Å². The molecule has 0 bridgehead atoms. The third-order valence-corrected chi connectivity index (χ3v) is 7.47. The molecule has 3 aliphatic rings. The van der Waals surface area contributed by atoms with Crippen molar-refractivity contribution in [2.45, 2.75) is 51.0 Å². The van der Waals surface area contributed by atoms with Crippen molar-refractivity contribution in [3.63, 3.8) is 0 Å². The number of ether oxygens (including phenoxy) is 1. The molecular weight excluding hydrogens is 432 g/mol. The number of carbonyl (C=O) groups excluding carboxylic acids is 2. The average molecular weight is 462 g/mol. The van der Waals surface area contributed by atoms with Crippen LogP contribution in [0.1, 0.15) is 49.5 Å². The zero-order chi connectivity index (χ0) is 23.3. The molecule has 178 valence electrons. The van der Waals surface area contributed by atoms with Gasteiger partial charge < -0.3 is 15.8 Å². The van der Waals surface area contributed by atoms with Crippen LogP contribution < -0.4 is 11.1 Å². The molecule has 10 heteroatoms. The molecule has 5 rings (SSSR count). The zero-order valence-corrected chi connectivity index (χ0v) is 18.5. The summed E-state index contributed by atoms with van der Waals surface area (Å²) in [6, 6.07) is 3.26. The quantitative estimate of drug-likeness (QED) is 0.461. The molecule has 2 aromatic rings. The van der Waals surface area contributed by atoms with Gasteiger partial charge in [-0.1, -0.05) is 0 Å². The number of nitrogens with zero attached hydrogens (tertiary/aromatic N) is 3. The Kier molecular flexibility index (Phi) is 5.58. The number of nitrogens with one attached hydrogen (secondary N) is 1. The molecule has 0 spiro atoms. The molecule has 1 saturated heterocycles. The van der Waals surface area contributed by atoms with E-state index in [1.54, 1.807) is 22.8 Å². The van der Waals surface area contributed by atoms with E-state index in [9.17, 15) is 18.4 Å². The van der Waals surface area contributed by atoms with Crippen molar-refractivity contribution in [1.82, 2.24) is 19.9 Å². The summed E-state index contributed by atoms with van der Waals surface area (Å²) in [4.78, 5) is 30.1. The van der Waals surface area contributed by atoms with Gasteiger partial charge in [0.05, 0.1) is 30.7 Å². The Morgan fingerprint density at radius 3 is 2.58 bits per heavy atom. The predicted molar refractivity (Wildman–Crippen MR) is 114 cm³/mol. The number of amides is 1. The number of imidazole rings is 1.